The average molecular weight is 445 g/mol. The highest BCUT2D eigenvalue weighted by atomic mass is 35.5. The molecule has 0 saturated heterocycles. The molecule has 3 aromatic rings. The first kappa shape index (κ1) is 21.7. The van der Waals surface area contributed by atoms with E-state index in [0.717, 1.165) is 5.56 Å². The van der Waals surface area contributed by atoms with Crippen LogP contribution in [0.3, 0.4) is 0 Å². The summed E-state index contributed by atoms with van der Waals surface area (Å²) in [6, 6.07) is 16.4. The van der Waals surface area contributed by atoms with Crippen LogP contribution in [0.2, 0.25) is 5.02 Å². The highest BCUT2D eigenvalue weighted by Gasteiger charge is 2.19. The molecule has 0 aliphatic carbocycles. The monoisotopic (exact) mass is 444 g/mol. The number of ether oxygens (including phenoxy) is 1. The zero-order valence-electron chi connectivity index (χ0n) is 16.7. The fourth-order valence-corrected chi connectivity index (χ4v) is 4.47. The predicted octanol–water partition coefficient (Wildman–Crippen LogP) is 5.02. The van der Waals surface area contributed by atoms with Gasteiger partial charge in [0, 0.05) is 11.3 Å². The van der Waals surface area contributed by atoms with Crippen LogP contribution in [0.15, 0.2) is 65.6 Å². The number of aryl methyl sites for hydroxylation is 2. The largest absolute Gasteiger partial charge is 0.496 e. The summed E-state index contributed by atoms with van der Waals surface area (Å²) in [5, 5.41) is 3.02. The second-order valence-electron chi connectivity index (χ2n) is 6.70. The second-order valence-corrected chi connectivity index (χ2v) is 8.76. The van der Waals surface area contributed by atoms with Crippen molar-refractivity contribution in [1.82, 2.24) is 0 Å². The zero-order valence-corrected chi connectivity index (χ0v) is 18.3. The maximum atomic E-state index is 12.9. The van der Waals surface area contributed by atoms with Crippen LogP contribution in [0.5, 0.6) is 5.75 Å². The number of methoxy groups -OCH3 is 1. The number of carbonyl (C=O) groups excluding carboxylic acids is 1. The molecule has 0 unspecified atom stereocenters. The van der Waals surface area contributed by atoms with E-state index in [0.29, 0.717) is 22.6 Å². The Balaban J connectivity index is 1.88. The van der Waals surface area contributed by atoms with Crippen molar-refractivity contribution >= 4 is 38.9 Å². The summed E-state index contributed by atoms with van der Waals surface area (Å²) in [6.45, 7) is 3.56. The minimum atomic E-state index is -3.91. The van der Waals surface area contributed by atoms with Gasteiger partial charge in [0.1, 0.15) is 5.75 Å². The number of hydrogen-bond donors (Lipinski definition) is 2. The number of para-hydroxylation sites is 1. The van der Waals surface area contributed by atoms with Crippen LogP contribution in [0, 0.1) is 13.8 Å². The van der Waals surface area contributed by atoms with Gasteiger partial charge in [-0.15, -0.1) is 0 Å². The van der Waals surface area contributed by atoms with E-state index in [1.165, 1.54) is 13.2 Å². The molecule has 0 bridgehead atoms. The summed E-state index contributed by atoms with van der Waals surface area (Å²) in [6.07, 6.45) is 0. The Morgan fingerprint density at radius 2 is 1.67 bits per heavy atom. The van der Waals surface area contributed by atoms with E-state index < -0.39 is 10.0 Å². The third-order valence-electron chi connectivity index (χ3n) is 4.52. The quantitative estimate of drug-likeness (QED) is 0.559. The van der Waals surface area contributed by atoms with Crippen LogP contribution < -0.4 is 14.8 Å². The normalized spacial score (nSPS) is 11.1. The van der Waals surface area contributed by atoms with Gasteiger partial charge in [-0.1, -0.05) is 35.9 Å². The fraction of sp³-hybridized carbons (Fsp3) is 0.136. The number of halogens is 1. The van der Waals surface area contributed by atoms with Crippen LogP contribution in [0.25, 0.3) is 0 Å². The van der Waals surface area contributed by atoms with E-state index in [2.05, 4.69) is 10.0 Å². The molecular formula is C22H21ClN2O4S. The molecular weight excluding hydrogens is 424 g/mol. The van der Waals surface area contributed by atoms with Crippen molar-refractivity contribution in [3.8, 4) is 5.75 Å². The molecule has 0 aromatic heterocycles. The third kappa shape index (κ3) is 4.75. The van der Waals surface area contributed by atoms with Gasteiger partial charge in [0.2, 0.25) is 0 Å². The Labute approximate surface area is 180 Å². The maximum absolute atomic E-state index is 12.9. The highest BCUT2D eigenvalue weighted by Crippen LogP contribution is 2.27. The van der Waals surface area contributed by atoms with Gasteiger partial charge >= 0.3 is 0 Å². The molecule has 3 rings (SSSR count). The average Bonchev–Trinajstić information content (AvgIpc) is 2.71. The molecule has 0 spiro atoms. The Kier molecular flexibility index (Phi) is 6.34. The predicted molar refractivity (Wildman–Crippen MR) is 119 cm³/mol. The van der Waals surface area contributed by atoms with Gasteiger partial charge in [-0.3, -0.25) is 9.52 Å². The minimum Gasteiger partial charge on any atom is -0.496 e. The van der Waals surface area contributed by atoms with E-state index in [9.17, 15) is 13.2 Å². The van der Waals surface area contributed by atoms with Crippen molar-refractivity contribution in [3.63, 3.8) is 0 Å². The fourth-order valence-electron chi connectivity index (χ4n) is 2.88. The molecule has 30 heavy (non-hydrogen) atoms. The number of benzene rings is 3. The van der Waals surface area contributed by atoms with Crippen LogP contribution in [-0.2, 0) is 10.0 Å². The molecule has 0 radical (unpaired) electrons. The topological polar surface area (TPSA) is 84.5 Å². The van der Waals surface area contributed by atoms with Crippen molar-refractivity contribution in [3.05, 3.63) is 82.4 Å². The molecule has 1 amide bonds. The van der Waals surface area contributed by atoms with E-state index in [1.807, 2.05) is 6.92 Å². The lowest BCUT2D eigenvalue weighted by molar-refractivity contribution is 0.102. The summed E-state index contributed by atoms with van der Waals surface area (Å²) in [4.78, 5) is 12.7. The van der Waals surface area contributed by atoms with Gasteiger partial charge in [0.05, 0.1) is 22.7 Å². The van der Waals surface area contributed by atoms with Crippen molar-refractivity contribution < 1.29 is 17.9 Å². The lowest BCUT2D eigenvalue weighted by Crippen LogP contribution is -2.16. The lowest BCUT2D eigenvalue weighted by atomic mass is 10.1. The maximum Gasteiger partial charge on any atom is 0.262 e. The number of sulfonamides is 1. The van der Waals surface area contributed by atoms with Gasteiger partial charge in [-0.25, -0.2) is 8.42 Å². The summed E-state index contributed by atoms with van der Waals surface area (Å²) < 4.78 is 33.6. The molecule has 156 valence electrons. The summed E-state index contributed by atoms with van der Waals surface area (Å²) in [5.41, 5.74) is 2.47. The number of amides is 1. The Morgan fingerprint density at radius 3 is 2.37 bits per heavy atom. The highest BCUT2D eigenvalue weighted by molar-refractivity contribution is 7.92. The molecule has 0 fully saturated rings. The second kappa shape index (κ2) is 8.77. The molecule has 0 aliphatic heterocycles. The number of hydrogen-bond acceptors (Lipinski definition) is 4. The van der Waals surface area contributed by atoms with E-state index >= 15 is 0 Å². The molecule has 6 nitrogen and oxygen atoms in total. The molecule has 8 heteroatoms. The summed E-state index contributed by atoms with van der Waals surface area (Å²) in [5.74, 6) is 0.221. The Bertz CT molecular complexity index is 1210. The van der Waals surface area contributed by atoms with Gasteiger partial charge in [-0.05, 0) is 61.4 Å². The first-order chi connectivity index (χ1) is 14.2. The van der Waals surface area contributed by atoms with Crippen LogP contribution >= 0.6 is 11.6 Å². The molecule has 3 aromatic carbocycles. The van der Waals surface area contributed by atoms with E-state index in [1.54, 1.807) is 61.5 Å². The molecule has 0 aliphatic rings. The molecule has 0 heterocycles. The molecule has 0 atom stereocenters. The minimum absolute atomic E-state index is 0.0432. The Morgan fingerprint density at radius 1 is 0.967 bits per heavy atom. The van der Waals surface area contributed by atoms with Crippen molar-refractivity contribution in [2.24, 2.45) is 0 Å². The number of rotatable bonds is 6. The van der Waals surface area contributed by atoms with E-state index in [4.69, 9.17) is 16.3 Å². The lowest BCUT2D eigenvalue weighted by Gasteiger charge is -2.14. The van der Waals surface area contributed by atoms with Gasteiger partial charge in [0.15, 0.2) is 0 Å². The van der Waals surface area contributed by atoms with Crippen molar-refractivity contribution in [2.75, 3.05) is 17.1 Å². The van der Waals surface area contributed by atoms with Gasteiger partial charge in [0.25, 0.3) is 15.9 Å². The van der Waals surface area contributed by atoms with E-state index in [-0.39, 0.29) is 21.5 Å². The molecule has 0 saturated carbocycles. The Hall–Kier alpha value is -3.03. The molecule has 2 N–H and O–H groups in total. The van der Waals surface area contributed by atoms with Crippen LogP contribution in [0.1, 0.15) is 21.5 Å². The third-order valence-corrected chi connectivity index (χ3v) is 6.36. The van der Waals surface area contributed by atoms with Crippen LogP contribution in [-0.4, -0.2) is 21.4 Å². The number of anilines is 2. The standard InChI is InChI=1S/C22H21ClN2O4S/c1-14-8-10-16(12-20(14)29-3)22(26)24-17-11-9-15(2)21(13-17)30(27,28)25-19-7-5-4-6-18(19)23/h4-13,25H,1-3H3,(H,24,26). The van der Waals surface area contributed by atoms with Crippen molar-refractivity contribution in [2.45, 2.75) is 18.7 Å². The number of carbonyl (C=O) groups is 1. The van der Waals surface area contributed by atoms with Gasteiger partial charge in [-0.2, -0.15) is 0 Å². The van der Waals surface area contributed by atoms with Crippen LogP contribution in [0.4, 0.5) is 11.4 Å². The SMILES string of the molecule is COc1cc(C(=O)Nc2ccc(C)c(S(=O)(=O)Nc3ccccc3Cl)c2)ccc1C. The summed E-state index contributed by atoms with van der Waals surface area (Å²) in [7, 11) is -2.38. The first-order valence-corrected chi connectivity index (χ1v) is 10.9. The summed E-state index contributed by atoms with van der Waals surface area (Å²) >= 11 is 6.07. The van der Waals surface area contributed by atoms with Gasteiger partial charge < -0.3 is 10.1 Å². The zero-order chi connectivity index (χ0) is 21.9. The van der Waals surface area contributed by atoms with Crippen molar-refractivity contribution in [1.29, 1.82) is 0 Å². The smallest absolute Gasteiger partial charge is 0.262 e. The number of nitrogens with one attached hydrogen (secondary N) is 2. The first-order valence-electron chi connectivity index (χ1n) is 9.05.